The molecule has 23 heavy (non-hydrogen) atoms. The lowest BCUT2D eigenvalue weighted by Gasteiger charge is -2.04. The van der Waals surface area contributed by atoms with Gasteiger partial charge in [0.15, 0.2) is 0 Å². The molecule has 5 nitrogen and oxygen atoms in total. The van der Waals surface area contributed by atoms with Crippen LogP contribution in [0.3, 0.4) is 0 Å². The van der Waals surface area contributed by atoms with E-state index in [1.165, 1.54) is 0 Å². The van der Waals surface area contributed by atoms with Gasteiger partial charge in [-0.1, -0.05) is 6.07 Å². The number of nitrogens with two attached hydrogens (primary N) is 1. The third-order valence-corrected chi connectivity index (χ3v) is 4.66. The van der Waals surface area contributed by atoms with Gasteiger partial charge in [0.05, 0.1) is 22.7 Å². The van der Waals surface area contributed by atoms with Crippen LogP contribution < -0.4 is 5.73 Å². The fourth-order valence-electron chi connectivity index (χ4n) is 2.46. The Kier molecular flexibility index (Phi) is 4.36. The third kappa shape index (κ3) is 2.95. The maximum absolute atomic E-state index is 6.06. The van der Waals surface area contributed by atoms with Gasteiger partial charge in [0.1, 0.15) is 16.5 Å². The minimum atomic E-state index is 0.488. The van der Waals surface area contributed by atoms with Gasteiger partial charge in [-0.3, -0.25) is 4.98 Å². The van der Waals surface area contributed by atoms with E-state index >= 15 is 0 Å². The molecule has 0 saturated carbocycles. The van der Waals surface area contributed by atoms with Gasteiger partial charge in [-0.05, 0) is 37.1 Å². The van der Waals surface area contributed by atoms with E-state index in [2.05, 4.69) is 9.97 Å². The highest BCUT2D eigenvalue weighted by atomic mass is 32.1. The van der Waals surface area contributed by atoms with Crippen molar-refractivity contribution in [3.8, 4) is 22.0 Å². The first-order valence-electron chi connectivity index (χ1n) is 7.24. The molecule has 0 aliphatic heterocycles. The number of aryl methyl sites for hydroxylation is 2. The minimum Gasteiger partial charge on any atom is -0.383 e. The zero-order chi connectivity index (χ0) is 16.4. The lowest BCUT2D eigenvalue weighted by atomic mass is 10.1. The summed E-state index contributed by atoms with van der Waals surface area (Å²) < 4.78 is 5.34. The molecule has 0 bridgehead atoms. The molecule has 0 aromatic carbocycles. The van der Waals surface area contributed by atoms with Crippen molar-refractivity contribution in [3.05, 3.63) is 46.6 Å². The third-order valence-electron chi connectivity index (χ3n) is 3.61. The van der Waals surface area contributed by atoms with Gasteiger partial charge < -0.3 is 10.5 Å². The number of hydrogen-bond acceptors (Lipinski definition) is 6. The van der Waals surface area contributed by atoms with Gasteiger partial charge in [0.2, 0.25) is 0 Å². The fourth-order valence-corrected chi connectivity index (χ4v) is 3.62. The Morgan fingerprint density at radius 3 is 2.61 bits per heavy atom. The topological polar surface area (TPSA) is 73.9 Å². The highest BCUT2D eigenvalue weighted by Gasteiger charge is 2.19. The summed E-state index contributed by atoms with van der Waals surface area (Å²) in [7, 11) is 1.68. The van der Waals surface area contributed by atoms with Crippen LogP contribution in [0.5, 0.6) is 0 Å². The summed E-state index contributed by atoms with van der Waals surface area (Å²) in [5.74, 6) is 0.493. The van der Waals surface area contributed by atoms with Crippen LogP contribution in [-0.2, 0) is 11.3 Å². The molecule has 0 spiro atoms. The summed E-state index contributed by atoms with van der Waals surface area (Å²) in [6.07, 6.45) is 3.49. The Hall–Kier alpha value is -2.31. The van der Waals surface area contributed by atoms with E-state index in [-0.39, 0.29) is 0 Å². The Labute approximate surface area is 139 Å². The van der Waals surface area contributed by atoms with Gasteiger partial charge in [-0.15, -0.1) is 11.3 Å². The van der Waals surface area contributed by atoms with Crippen molar-refractivity contribution < 1.29 is 4.74 Å². The first kappa shape index (κ1) is 15.6. The number of anilines is 1. The molecular weight excluding hydrogens is 308 g/mol. The number of hydrogen-bond donors (Lipinski definition) is 1. The van der Waals surface area contributed by atoms with Gasteiger partial charge in [-0.2, -0.15) is 0 Å². The van der Waals surface area contributed by atoms with E-state index in [1.807, 2.05) is 32.0 Å². The molecule has 0 radical (unpaired) electrons. The molecule has 2 N–H and O–H groups in total. The molecular formula is C17H18N4OS. The maximum Gasteiger partial charge on any atom is 0.133 e. The second-order valence-electron chi connectivity index (χ2n) is 5.28. The molecule has 3 aromatic rings. The van der Waals surface area contributed by atoms with Crippen LogP contribution in [0.1, 0.15) is 16.0 Å². The van der Waals surface area contributed by atoms with Crippen LogP contribution in [0, 0.1) is 13.8 Å². The van der Waals surface area contributed by atoms with Crippen molar-refractivity contribution in [2.75, 3.05) is 12.8 Å². The first-order chi connectivity index (χ1) is 11.1. The monoisotopic (exact) mass is 326 g/mol. The highest BCUT2D eigenvalue weighted by Crippen LogP contribution is 2.37. The Morgan fingerprint density at radius 1 is 1.09 bits per heavy atom. The van der Waals surface area contributed by atoms with E-state index in [0.717, 1.165) is 38.0 Å². The van der Waals surface area contributed by atoms with Crippen LogP contribution in [0.25, 0.3) is 22.0 Å². The Bertz CT molecular complexity index is 824. The number of nitrogen functional groups attached to an aromatic ring is 1. The number of ether oxygens (including phenoxy) is 1. The molecule has 0 aliphatic rings. The molecule has 0 aliphatic carbocycles. The number of nitrogens with zero attached hydrogens (tertiary/aromatic N) is 3. The van der Waals surface area contributed by atoms with Gasteiger partial charge in [-0.25, -0.2) is 9.97 Å². The number of thiazole rings is 1. The van der Waals surface area contributed by atoms with Crippen LogP contribution >= 0.6 is 11.3 Å². The van der Waals surface area contributed by atoms with Crippen molar-refractivity contribution in [2.45, 2.75) is 20.5 Å². The summed E-state index contributed by atoms with van der Waals surface area (Å²) in [5, 5.41) is 0.847. The fraction of sp³-hybridized carbons (Fsp3) is 0.235. The second kappa shape index (κ2) is 6.44. The molecule has 3 aromatic heterocycles. The molecule has 0 fully saturated rings. The Balaban J connectivity index is 2.19. The molecule has 0 saturated heterocycles. The molecule has 0 atom stereocenters. The van der Waals surface area contributed by atoms with E-state index in [4.69, 9.17) is 15.5 Å². The Morgan fingerprint density at radius 2 is 1.91 bits per heavy atom. The normalized spacial score (nSPS) is 10.9. The molecule has 118 valence electrons. The van der Waals surface area contributed by atoms with Gasteiger partial charge in [0, 0.05) is 19.5 Å². The van der Waals surface area contributed by atoms with Crippen molar-refractivity contribution >= 4 is 17.2 Å². The average Bonchev–Trinajstić information content (AvgIpc) is 2.91. The zero-order valence-electron chi connectivity index (χ0n) is 13.3. The predicted octanol–water partition coefficient (Wildman–Crippen LogP) is 3.61. The smallest absolute Gasteiger partial charge is 0.133 e. The van der Waals surface area contributed by atoms with Crippen LogP contribution in [0.15, 0.2) is 30.6 Å². The molecule has 0 unspecified atom stereocenters. The van der Waals surface area contributed by atoms with Crippen LogP contribution in [0.4, 0.5) is 5.82 Å². The number of pyridine rings is 2. The van der Waals surface area contributed by atoms with Crippen molar-refractivity contribution in [3.63, 3.8) is 0 Å². The van der Waals surface area contributed by atoms with Crippen LogP contribution in [0.2, 0.25) is 0 Å². The zero-order valence-corrected chi connectivity index (χ0v) is 14.1. The summed E-state index contributed by atoms with van der Waals surface area (Å²) in [6.45, 7) is 4.53. The summed E-state index contributed by atoms with van der Waals surface area (Å²) in [6, 6.07) is 5.89. The molecule has 3 heterocycles. The lowest BCUT2D eigenvalue weighted by molar-refractivity contribution is 0.188. The number of methoxy groups -OCH3 is 1. The lowest BCUT2D eigenvalue weighted by Crippen LogP contribution is -1.96. The quantitative estimate of drug-likeness (QED) is 0.793. The molecule has 0 amide bonds. The van der Waals surface area contributed by atoms with Crippen molar-refractivity contribution in [2.24, 2.45) is 0 Å². The first-order valence-corrected chi connectivity index (χ1v) is 8.05. The van der Waals surface area contributed by atoms with Crippen molar-refractivity contribution in [1.29, 1.82) is 0 Å². The van der Waals surface area contributed by atoms with Gasteiger partial charge >= 0.3 is 0 Å². The standard InChI is InChI=1S/C17H18N4OS/c1-10-6-8-20-16(18)13(10)17-21-15(12(23-17)9-22-3)14-11(2)5-4-7-19-14/h4-8H,9H2,1-3H3,(H2,18,20). The minimum absolute atomic E-state index is 0.488. The summed E-state index contributed by atoms with van der Waals surface area (Å²) >= 11 is 1.57. The van der Waals surface area contributed by atoms with E-state index in [1.54, 1.807) is 30.8 Å². The highest BCUT2D eigenvalue weighted by molar-refractivity contribution is 7.15. The van der Waals surface area contributed by atoms with Gasteiger partial charge in [0.25, 0.3) is 0 Å². The summed E-state index contributed by atoms with van der Waals surface area (Å²) in [4.78, 5) is 14.5. The summed E-state index contributed by atoms with van der Waals surface area (Å²) in [5.41, 5.74) is 10.8. The average molecular weight is 326 g/mol. The molecule has 6 heteroatoms. The van der Waals surface area contributed by atoms with E-state index in [0.29, 0.717) is 12.4 Å². The largest absolute Gasteiger partial charge is 0.383 e. The SMILES string of the molecule is COCc1sc(-c2c(C)ccnc2N)nc1-c1ncccc1C. The second-order valence-corrected chi connectivity index (χ2v) is 6.36. The van der Waals surface area contributed by atoms with E-state index < -0.39 is 0 Å². The van der Waals surface area contributed by atoms with Crippen LogP contribution in [-0.4, -0.2) is 22.1 Å². The number of aromatic nitrogens is 3. The van der Waals surface area contributed by atoms with Crippen molar-refractivity contribution in [1.82, 2.24) is 15.0 Å². The number of rotatable bonds is 4. The molecule has 3 rings (SSSR count). The maximum atomic E-state index is 6.06. The predicted molar refractivity (Wildman–Crippen MR) is 93.2 cm³/mol. The van der Waals surface area contributed by atoms with E-state index in [9.17, 15) is 0 Å².